The molecular formula is C10H14IN3. The second-order valence-electron chi connectivity index (χ2n) is 3.75. The highest BCUT2D eigenvalue weighted by Crippen LogP contribution is 2.25. The van der Waals surface area contributed by atoms with E-state index in [0.29, 0.717) is 0 Å². The van der Waals surface area contributed by atoms with Gasteiger partial charge in [-0.25, -0.2) is 9.97 Å². The molecule has 1 heterocycles. The second kappa shape index (κ2) is 4.91. The Morgan fingerprint density at radius 2 is 2.21 bits per heavy atom. The highest BCUT2D eigenvalue weighted by Gasteiger charge is 2.14. The van der Waals surface area contributed by atoms with Crippen LogP contribution in [0.2, 0.25) is 0 Å². The third-order valence-corrected chi connectivity index (χ3v) is 3.49. The topological polar surface area (TPSA) is 37.8 Å². The van der Waals surface area contributed by atoms with Gasteiger partial charge in [-0.2, -0.15) is 0 Å². The Labute approximate surface area is 97.9 Å². The molecule has 0 aromatic carbocycles. The molecule has 2 rings (SSSR count). The minimum absolute atomic E-state index is 0.848. The highest BCUT2D eigenvalue weighted by molar-refractivity contribution is 14.1. The molecule has 1 aromatic heterocycles. The Morgan fingerprint density at radius 3 is 2.93 bits per heavy atom. The van der Waals surface area contributed by atoms with Gasteiger partial charge in [-0.05, 0) is 41.4 Å². The van der Waals surface area contributed by atoms with E-state index in [1.165, 1.54) is 25.7 Å². The lowest BCUT2D eigenvalue weighted by Crippen LogP contribution is -2.12. The normalized spacial score (nSPS) is 17.2. The quantitative estimate of drug-likeness (QED) is 0.873. The van der Waals surface area contributed by atoms with E-state index >= 15 is 0 Å². The average Bonchev–Trinajstić information content (AvgIpc) is 2.69. The summed E-state index contributed by atoms with van der Waals surface area (Å²) in [5.74, 6) is 1.83. The van der Waals surface area contributed by atoms with Gasteiger partial charge in [0, 0.05) is 12.7 Å². The molecule has 0 aliphatic heterocycles. The van der Waals surface area contributed by atoms with Crippen LogP contribution in [-0.2, 0) is 0 Å². The fourth-order valence-corrected chi connectivity index (χ4v) is 2.39. The van der Waals surface area contributed by atoms with Crippen molar-refractivity contribution in [2.24, 2.45) is 5.92 Å². The number of nitrogens with zero attached hydrogens (tertiary/aromatic N) is 2. The standard InChI is InChI=1S/C10H14IN3/c11-9-6-12-7-14-10(9)13-5-8-3-1-2-4-8/h6-8H,1-5H2,(H,12,13,14). The summed E-state index contributed by atoms with van der Waals surface area (Å²) < 4.78 is 1.10. The zero-order valence-electron chi connectivity index (χ0n) is 8.04. The number of anilines is 1. The molecule has 1 aliphatic rings. The van der Waals surface area contributed by atoms with Crippen LogP contribution in [-0.4, -0.2) is 16.5 Å². The third kappa shape index (κ3) is 2.56. The Morgan fingerprint density at radius 1 is 1.43 bits per heavy atom. The predicted molar refractivity (Wildman–Crippen MR) is 65.2 cm³/mol. The first-order valence-corrected chi connectivity index (χ1v) is 6.13. The van der Waals surface area contributed by atoms with Crippen LogP contribution < -0.4 is 5.32 Å². The number of rotatable bonds is 3. The summed E-state index contributed by atoms with van der Waals surface area (Å²) in [5, 5.41) is 3.40. The fourth-order valence-electron chi connectivity index (χ4n) is 1.90. The van der Waals surface area contributed by atoms with Crippen LogP contribution in [0.1, 0.15) is 25.7 Å². The van der Waals surface area contributed by atoms with Crippen molar-refractivity contribution in [3.8, 4) is 0 Å². The van der Waals surface area contributed by atoms with Crippen LogP contribution >= 0.6 is 22.6 Å². The molecule has 3 nitrogen and oxygen atoms in total. The molecule has 0 atom stereocenters. The van der Waals surface area contributed by atoms with Gasteiger partial charge in [-0.3, -0.25) is 0 Å². The predicted octanol–water partition coefficient (Wildman–Crippen LogP) is 2.68. The van der Waals surface area contributed by atoms with E-state index in [1.807, 2.05) is 6.20 Å². The van der Waals surface area contributed by atoms with E-state index in [1.54, 1.807) is 6.33 Å². The van der Waals surface area contributed by atoms with Crippen LogP contribution in [0.25, 0.3) is 0 Å². The lowest BCUT2D eigenvalue weighted by atomic mass is 10.1. The zero-order chi connectivity index (χ0) is 9.80. The Bertz CT molecular complexity index is 297. The van der Waals surface area contributed by atoms with Crippen LogP contribution in [0.5, 0.6) is 0 Å². The molecule has 1 fully saturated rings. The summed E-state index contributed by atoms with van der Waals surface area (Å²) in [5.41, 5.74) is 0. The molecular weight excluding hydrogens is 289 g/mol. The third-order valence-electron chi connectivity index (χ3n) is 2.70. The van der Waals surface area contributed by atoms with Gasteiger partial charge in [0.25, 0.3) is 0 Å². The number of hydrogen-bond donors (Lipinski definition) is 1. The fraction of sp³-hybridized carbons (Fsp3) is 0.600. The SMILES string of the molecule is Ic1cncnc1NCC1CCCC1. The molecule has 0 amide bonds. The molecule has 1 aromatic rings. The lowest BCUT2D eigenvalue weighted by Gasteiger charge is -2.11. The van der Waals surface area contributed by atoms with Crippen LogP contribution in [0.3, 0.4) is 0 Å². The largest absolute Gasteiger partial charge is 0.369 e. The lowest BCUT2D eigenvalue weighted by molar-refractivity contribution is 0.578. The van der Waals surface area contributed by atoms with Crippen LogP contribution in [0, 0.1) is 9.49 Å². The number of nitrogens with one attached hydrogen (secondary N) is 1. The maximum absolute atomic E-state index is 4.21. The van der Waals surface area contributed by atoms with Crippen LogP contribution in [0.4, 0.5) is 5.82 Å². The Balaban J connectivity index is 1.88. The van der Waals surface area contributed by atoms with Gasteiger partial charge in [-0.1, -0.05) is 12.8 Å². The van der Waals surface area contributed by atoms with Crippen molar-refractivity contribution in [1.29, 1.82) is 0 Å². The monoisotopic (exact) mass is 303 g/mol. The van der Waals surface area contributed by atoms with Crippen molar-refractivity contribution < 1.29 is 0 Å². The summed E-state index contributed by atoms with van der Waals surface area (Å²) in [6, 6.07) is 0. The van der Waals surface area contributed by atoms with E-state index < -0.39 is 0 Å². The number of halogens is 1. The maximum Gasteiger partial charge on any atom is 0.142 e. The van der Waals surface area contributed by atoms with Gasteiger partial charge in [0.2, 0.25) is 0 Å². The molecule has 0 spiro atoms. The molecule has 0 saturated heterocycles. The molecule has 1 saturated carbocycles. The molecule has 0 unspecified atom stereocenters. The average molecular weight is 303 g/mol. The van der Waals surface area contributed by atoms with Gasteiger partial charge in [0.15, 0.2) is 0 Å². The van der Waals surface area contributed by atoms with Gasteiger partial charge < -0.3 is 5.32 Å². The van der Waals surface area contributed by atoms with E-state index in [0.717, 1.165) is 21.9 Å². The summed E-state index contributed by atoms with van der Waals surface area (Å²) >= 11 is 2.26. The van der Waals surface area contributed by atoms with E-state index in [4.69, 9.17) is 0 Å². The van der Waals surface area contributed by atoms with E-state index in [9.17, 15) is 0 Å². The van der Waals surface area contributed by atoms with Gasteiger partial charge >= 0.3 is 0 Å². The summed E-state index contributed by atoms with van der Waals surface area (Å²) in [6.45, 7) is 1.06. The molecule has 14 heavy (non-hydrogen) atoms. The minimum atomic E-state index is 0.848. The van der Waals surface area contributed by atoms with Gasteiger partial charge in [0.1, 0.15) is 12.1 Å². The number of hydrogen-bond acceptors (Lipinski definition) is 3. The molecule has 0 radical (unpaired) electrons. The van der Waals surface area contributed by atoms with E-state index in [2.05, 4.69) is 37.9 Å². The molecule has 0 bridgehead atoms. The molecule has 4 heteroatoms. The van der Waals surface area contributed by atoms with Crippen molar-refractivity contribution in [3.05, 3.63) is 16.1 Å². The van der Waals surface area contributed by atoms with Crippen molar-refractivity contribution in [1.82, 2.24) is 9.97 Å². The Kier molecular flexibility index (Phi) is 3.55. The minimum Gasteiger partial charge on any atom is -0.369 e. The number of aromatic nitrogens is 2. The van der Waals surface area contributed by atoms with Crippen molar-refractivity contribution in [2.45, 2.75) is 25.7 Å². The highest BCUT2D eigenvalue weighted by atomic mass is 127. The smallest absolute Gasteiger partial charge is 0.142 e. The Hall–Kier alpha value is -0.390. The van der Waals surface area contributed by atoms with Crippen LogP contribution in [0.15, 0.2) is 12.5 Å². The molecule has 1 aliphatic carbocycles. The van der Waals surface area contributed by atoms with Crippen molar-refractivity contribution in [3.63, 3.8) is 0 Å². The van der Waals surface area contributed by atoms with Crippen molar-refractivity contribution in [2.75, 3.05) is 11.9 Å². The molecule has 76 valence electrons. The van der Waals surface area contributed by atoms with Gasteiger partial charge in [-0.15, -0.1) is 0 Å². The second-order valence-corrected chi connectivity index (χ2v) is 4.91. The van der Waals surface area contributed by atoms with Gasteiger partial charge in [0.05, 0.1) is 3.57 Å². The van der Waals surface area contributed by atoms with Crippen molar-refractivity contribution >= 4 is 28.4 Å². The summed E-state index contributed by atoms with van der Waals surface area (Å²) in [6.07, 6.45) is 8.97. The zero-order valence-corrected chi connectivity index (χ0v) is 10.2. The summed E-state index contributed by atoms with van der Waals surface area (Å²) in [7, 11) is 0. The summed E-state index contributed by atoms with van der Waals surface area (Å²) in [4.78, 5) is 8.18. The maximum atomic E-state index is 4.21. The van der Waals surface area contributed by atoms with E-state index in [-0.39, 0.29) is 0 Å². The first-order chi connectivity index (χ1) is 6.86. The first kappa shape index (κ1) is 10.1. The first-order valence-electron chi connectivity index (χ1n) is 5.05. The molecule has 1 N–H and O–H groups in total.